The number of rotatable bonds is 6. The third kappa shape index (κ3) is 4.86. The van der Waals surface area contributed by atoms with Crippen molar-refractivity contribution in [3.63, 3.8) is 0 Å². The van der Waals surface area contributed by atoms with Gasteiger partial charge in [0.05, 0.1) is 6.04 Å². The molecule has 0 radical (unpaired) electrons. The Hall–Kier alpha value is -1.84. The second kappa shape index (κ2) is 7.97. The smallest absolute Gasteiger partial charge is 0.242 e. The van der Waals surface area contributed by atoms with Crippen LogP contribution in [-0.2, 0) is 9.59 Å². The Balaban J connectivity index is 1.77. The minimum absolute atomic E-state index is 0.0121. The van der Waals surface area contributed by atoms with E-state index < -0.39 is 6.04 Å². The van der Waals surface area contributed by atoms with Crippen molar-refractivity contribution in [2.75, 3.05) is 0 Å². The zero-order chi connectivity index (χ0) is 15.9. The number of amides is 2. The van der Waals surface area contributed by atoms with Gasteiger partial charge in [-0.25, -0.2) is 0 Å². The van der Waals surface area contributed by atoms with Gasteiger partial charge in [-0.2, -0.15) is 0 Å². The molecule has 1 aliphatic rings. The summed E-state index contributed by atoms with van der Waals surface area (Å²) in [5, 5.41) is 5.75. The van der Waals surface area contributed by atoms with Gasteiger partial charge in [-0.1, -0.05) is 43.2 Å². The monoisotopic (exact) mass is 302 g/mol. The molecule has 2 amide bonds. The molecule has 120 valence electrons. The first-order valence-electron chi connectivity index (χ1n) is 8.21. The number of carbonyl (C=O) groups is 2. The van der Waals surface area contributed by atoms with E-state index in [1.165, 1.54) is 12.8 Å². The summed E-state index contributed by atoms with van der Waals surface area (Å²) in [4.78, 5) is 24.2. The van der Waals surface area contributed by atoms with Gasteiger partial charge in [0, 0.05) is 6.42 Å². The standard InChI is InChI=1S/C18H26N2O2/c1-13(16-10-4-3-5-11-16)20-18(22)14(2)19-17(21)12-15-8-6-7-9-15/h3-5,10-11,13-15H,6-9,12H2,1-2H3,(H,19,21)(H,20,22)/t13-,14-/m1/s1. The fraction of sp³-hybridized carbons (Fsp3) is 0.556. The van der Waals surface area contributed by atoms with E-state index in [0.29, 0.717) is 12.3 Å². The summed E-state index contributed by atoms with van der Waals surface area (Å²) in [7, 11) is 0. The zero-order valence-electron chi connectivity index (χ0n) is 13.5. The molecule has 0 aromatic heterocycles. The molecule has 0 aliphatic heterocycles. The predicted molar refractivity (Wildman–Crippen MR) is 87.2 cm³/mol. The van der Waals surface area contributed by atoms with Crippen LogP contribution in [0.1, 0.15) is 57.6 Å². The topological polar surface area (TPSA) is 58.2 Å². The molecule has 4 heteroatoms. The van der Waals surface area contributed by atoms with E-state index in [9.17, 15) is 9.59 Å². The van der Waals surface area contributed by atoms with Crippen LogP contribution in [-0.4, -0.2) is 17.9 Å². The van der Waals surface area contributed by atoms with E-state index in [-0.39, 0.29) is 17.9 Å². The van der Waals surface area contributed by atoms with Crippen molar-refractivity contribution in [3.8, 4) is 0 Å². The van der Waals surface area contributed by atoms with Gasteiger partial charge in [-0.3, -0.25) is 9.59 Å². The lowest BCUT2D eigenvalue weighted by molar-refractivity contribution is -0.129. The van der Waals surface area contributed by atoms with Crippen LogP contribution < -0.4 is 10.6 Å². The SMILES string of the molecule is C[C@@H](NC(=O)CC1CCCC1)C(=O)N[C@H](C)c1ccccc1. The Morgan fingerprint density at radius 3 is 2.36 bits per heavy atom. The Kier molecular flexibility index (Phi) is 5.99. The maximum Gasteiger partial charge on any atom is 0.242 e. The van der Waals surface area contributed by atoms with Crippen LogP contribution in [0.15, 0.2) is 30.3 Å². The highest BCUT2D eigenvalue weighted by Crippen LogP contribution is 2.27. The van der Waals surface area contributed by atoms with Gasteiger partial charge in [0.15, 0.2) is 0 Å². The van der Waals surface area contributed by atoms with Crippen LogP contribution in [0, 0.1) is 5.92 Å². The summed E-state index contributed by atoms with van der Waals surface area (Å²) in [6, 6.07) is 9.24. The van der Waals surface area contributed by atoms with E-state index in [2.05, 4.69) is 10.6 Å². The molecule has 1 saturated carbocycles. The maximum atomic E-state index is 12.2. The zero-order valence-corrected chi connectivity index (χ0v) is 13.5. The Labute approximate surface area is 132 Å². The van der Waals surface area contributed by atoms with Gasteiger partial charge in [-0.15, -0.1) is 0 Å². The molecular weight excluding hydrogens is 276 g/mol. The molecule has 2 rings (SSSR count). The van der Waals surface area contributed by atoms with E-state index in [1.807, 2.05) is 37.3 Å². The van der Waals surface area contributed by atoms with Gasteiger partial charge in [-0.05, 0) is 38.2 Å². The van der Waals surface area contributed by atoms with Gasteiger partial charge in [0.25, 0.3) is 0 Å². The minimum Gasteiger partial charge on any atom is -0.348 e. The fourth-order valence-electron chi connectivity index (χ4n) is 3.01. The molecule has 0 unspecified atom stereocenters. The van der Waals surface area contributed by atoms with Crippen molar-refractivity contribution in [2.24, 2.45) is 5.92 Å². The van der Waals surface area contributed by atoms with E-state index in [0.717, 1.165) is 18.4 Å². The summed E-state index contributed by atoms with van der Waals surface area (Å²) in [5.41, 5.74) is 1.06. The largest absolute Gasteiger partial charge is 0.348 e. The van der Waals surface area contributed by atoms with Crippen LogP contribution in [0.3, 0.4) is 0 Å². The fourth-order valence-corrected chi connectivity index (χ4v) is 3.01. The molecule has 0 bridgehead atoms. The van der Waals surface area contributed by atoms with Crippen LogP contribution in [0.4, 0.5) is 0 Å². The molecular formula is C18H26N2O2. The van der Waals surface area contributed by atoms with Gasteiger partial charge >= 0.3 is 0 Å². The van der Waals surface area contributed by atoms with Crippen LogP contribution >= 0.6 is 0 Å². The normalized spacial score (nSPS) is 17.7. The summed E-state index contributed by atoms with van der Waals surface area (Å²) in [6.45, 7) is 3.68. The Bertz CT molecular complexity index is 495. The molecule has 1 fully saturated rings. The van der Waals surface area contributed by atoms with Crippen molar-refractivity contribution in [1.29, 1.82) is 0 Å². The van der Waals surface area contributed by atoms with Crippen molar-refractivity contribution in [2.45, 2.75) is 58.0 Å². The molecule has 1 aromatic rings. The summed E-state index contributed by atoms with van der Waals surface area (Å²) in [6.07, 6.45) is 5.27. The summed E-state index contributed by atoms with van der Waals surface area (Å²) >= 11 is 0. The molecule has 2 atom stereocenters. The second-order valence-corrected chi connectivity index (χ2v) is 6.28. The number of hydrogen-bond donors (Lipinski definition) is 2. The lowest BCUT2D eigenvalue weighted by Gasteiger charge is -2.19. The van der Waals surface area contributed by atoms with E-state index in [4.69, 9.17) is 0 Å². The summed E-state index contributed by atoms with van der Waals surface area (Å²) in [5.74, 6) is 0.344. The predicted octanol–water partition coefficient (Wildman–Crippen LogP) is 2.95. The lowest BCUT2D eigenvalue weighted by atomic mass is 10.0. The lowest BCUT2D eigenvalue weighted by Crippen LogP contribution is -2.45. The minimum atomic E-state index is -0.500. The number of carbonyl (C=O) groups excluding carboxylic acids is 2. The molecule has 0 spiro atoms. The van der Waals surface area contributed by atoms with Crippen molar-refractivity contribution in [1.82, 2.24) is 10.6 Å². The molecule has 2 N–H and O–H groups in total. The van der Waals surface area contributed by atoms with Gasteiger partial charge in [0.1, 0.15) is 6.04 Å². The molecule has 1 aliphatic carbocycles. The third-order valence-corrected chi connectivity index (χ3v) is 4.38. The van der Waals surface area contributed by atoms with Crippen LogP contribution in [0.25, 0.3) is 0 Å². The highest BCUT2D eigenvalue weighted by Gasteiger charge is 2.22. The highest BCUT2D eigenvalue weighted by molar-refractivity contribution is 5.87. The number of hydrogen-bond acceptors (Lipinski definition) is 2. The average Bonchev–Trinajstić information content (AvgIpc) is 3.00. The number of benzene rings is 1. The first-order chi connectivity index (χ1) is 10.6. The Morgan fingerprint density at radius 1 is 1.09 bits per heavy atom. The van der Waals surface area contributed by atoms with Crippen molar-refractivity contribution < 1.29 is 9.59 Å². The van der Waals surface area contributed by atoms with E-state index in [1.54, 1.807) is 6.92 Å². The van der Waals surface area contributed by atoms with Gasteiger partial charge < -0.3 is 10.6 Å². The number of nitrogens with one attached hydrogen (secondary N) is 2. The first kappa shape index (κ1) is 16.5. The molecule has 22 heavy (non-hydrogen) atoms. The van der Waals surface area contributed by atoms with E-state index >= 15 is 0 Å². The molecule has 4 nitrogen and oxygen atoms in total. The third-order valence-electron chi connectivity index (χ3n) is 4.38. The van der Waals surface area contributed by atoms with Crippen LogP contribution in [0.2, 0.25) is 0 Å². The molecule has 0 heterocycles. The first-order valence-corrected chi connectivity index (χ1v) is 8.21. The van der Waals surface area contributed by atoms with Gasteiger partial charge in [0.2, 0.25) is 11.8 Å². The molecule has 0 saturated heterocycles. The van der Waals surface area contributed by atoms with Crippen molar-refractivity contribution in [3.05, 3.63) is 35.9 Å². The van der Waals surface area contributed by atoms with Crippen LogP contribution in [0.5, 0.6) is 0 Å². The Morgan fingerprint density at radius 2 is 1.73 bits per heavy atom. The summed E-state index contributed by atoms with van der Waals surface area (Å²) < 4.78 is 0. The quantitative estimate of drug-likeness (QED) is 0.849. The highest BCUT2D eigenvalue weighted by atomic mass is 16.2. The van der Waals surface area contributed by atoms with Crippen molar-refractivity contribution >= 4 is 11.8 Å². The molecule has 1 aromatic carbocycles. The maximum absolute atomic E-state index is 12.2. The average molecular weight is 302 g/mol. The second-order valence-electron chi connectivity index (χ2n) is 6.28.